The quantitative estimate of drug-likeness (QED) is 0.406. The number of unbranched alkanes of at least 4 members (excludes halogenated alkanes) is 1. The molecule has 0 saturated carbocycles. The van der Waals surface area contributed by atoms with E-state index in [0.29, 0.717) is 37.1 Å². The largest absolute Gasteiger partial charge is 0.273 e. The Morgan fingerprint density at radius 2 is 1.27 bits per heavy atom. The van der Waals surface area contributed by atoms with Gasteiger partial charge in [-0.1, -0.05) is 12.1 Å². The fourth-order valence-corrected chi connectivity index (χ4v) is 1.93. The first-order valence-electron chi connectivity index (χ1n) is 8.20. The van der Waals surface area contributed by atoms with E-state index < -0.39 is 0 Å². The number of hydrogen-bond donors (Lipinski definition) is 2. The number of rotatable bonds is 9. The van der Waals surface area contributed by atoms with Gasteiger partial charge in [-0.25, -0.2) is 10.9 Å². The van der Waals surface area contributed by atoms with E-state index in [1.54, 1.807) is 36.7 Å². The molecule has 0 fully saturated rings. The third kappa shape index (κ3) is 7.91. The molecule has 0 aliphatic rings. The van der Waals surface area contributed by atoms with E-state index in [9.17, 15) is 9.59 Å². The van der Waals surface area contributed by atoms with Crippen LogP contribution in [-0.4, -0.2) is 34.2 Å². The van der Waals surface area contributed by atoms with Gasteiger partial charge in [-0.05, 0) is 37.1 Å². The van der Waals surface area contributed by atoms with Gasteiger partial charge in [-0.2, -0.15) is 10.2 Å². The second kappa shape index (κ2) is 11.2. The average molecular weight is 352 g/mol. The Bertz CT molecular complexity index is 681. The van der Waals surface area contributed by atoms with E-state index in [2.05, 4.69) is 31.0 Å². The van der Waals surface area contributed by atoms with Crippen LogP contribution < -0.4 is 10.9 Å². The first-order chi connectivity index (χ1) is 12.7. The van der Waals surface area contributed by atoms with Crippen molar-refractivity contribution in [3.63, 3.8) is 0 Å². The molecule has 2 N–H and O–H groups in total. The van der Waals surface area contributed by atoms with E-state index in [1.165, 1.54) is 12.4 Å². The molecule has 8 nitrogen and oxygen atoms in total. The van der Waals surface area contributed by atoms with Crippen molar-refractivity contribution in [3.05, 3.63) is 60.2 Å². The Balaban J connectivity index is 1.55. The van der Waals surface area contributed by atoms with Crippen LogP contribution in [0.1, 0.15) is 37.1 Å². The van der Waals surface area contributed by atoms with Crippen LogP contribution in [0.2, 0.25) is 0 Å². The standard InChI is InChI=1S/C18H20N6O2/c25-17(23-21-13-15-7-3-5-11-19-15)9-1-2-10-18(26)24-22-14-16-8-4-6-12-20-16/h3-8,11-14H,1-2,9-10H2,(H,23,25)(H,24,26)/b21-13-,22-14-. The van der Waals surface area contributed by atoms with Gasteiger partial charge < -0.3 is 0 Å². The van der Waals surface area contributed by atoms with Gasteiger partial charge in [-0.15, -0.1) is 0 Å². The highest BCUT2D eigenvalue weighted by atomic mass is 16.2. The van der Waals surface area contributed by atoms with E-state index in [4.69, 9.17) is 0 Å². The number of aromatic nitrogens is 2. The zero-order chi connectivity index (χ0) is 18.5. The van der Waals surface area contributed by atoms with Crippen LogP contribution in [0.4, 0.5) is 0 Å². The number of pyridine rings is 2. The molecule has 134 valence electrons. The van der Waals surface area contributed by atoms with Gasteiger partial charge in [0.1, 0.15) is 0 Å². The topological polar surface area (TPSA) is 109 Å². The van der Waals surface area contributed by atoms with Crippen molar-refractivity contribution < 1.29 is 9.59 Å². The smallest absolute Gasteiger partial charge is 0.240 e. The number of carbonyl (C=O) groups is 2. The zero-order valence-corrected chi connectivity index (χ0v) is 14.2. The van der Waals surface area contributed by atoms with Gasteiger partial charge in [0.15, 0.2) is 0 Å². The molecule has 8 heteroatoms. The van der Waals surface area contributed by atoms with Crippen LogP contribution in [0.3, 0.4) is 0 Å². The highest BCUT2D eigenvalue weighted by Crippen LogP contribution is 2.00. The summed E-state index contributed by atoms with van der Waals surface area (Å²) in [6.45, 7) is 0. The van der Waals surface area contributed by atoms with Crippen molar-refractivity contribution in [2.24, 2.45) is 10.2 Å². The van der Waals surface area contributed by atoms with Crippen molar-refractivity contribution in [1.29, 1.82) is 0 Å². The summed E-state index contributed by atoms with van der Waals surface area (Å²) in [5.74, 6) is -0.406. The van der Waals surface area contributed by atoms with E-state index in [0.717, 1.165) is 0 Å². The highest BCUT2D eigenvalue weighted by molar-refractivity contribution is 5.81. The van der Waals surface area contributed by atoms with E-state index >= 15 is 0 Å². The molecule has 0 atom stereocenters. The van der Waals surface area contributed by atoms with Crippen molar-refractivity contribution in [1.82, 2.24) is 20.8 Å². The summed E-state index contributed by atoms with van der Waals surface area (Å²) in [4.78, 5) is 31.4. The molecule has 0 aliphatic heterocycles. The molecular weight excluding hydrogens is 332 g/mol. The summed E-state index contributed by atoms with van der Waals surface area (Å²) >= 11 is 0. The molecule has 0 radical (unpaired) electrons. The van der Waals surface area contributed by atoms with Crippen molar-refractivity contribution in [3.8, 4) is 0 Å². The minimum absolute atomic E-state index is 0.203. The zero-order valence-electron chi connectivity index (χ0n) is 14.2. The molecule has 2 aromatic heterocycles. The molecule has 0 aliphatic carbocycles. The van der Waals surface area contributed by atoms with Gasteiger partial charge in [-0.3, -0.25) is 19.6 Å². The van der Waals surface area contributed by atoms with Crippen molar-refractivity contribution in [2.75, 3.05) is 0 Å². The second-order valence-electron chi connectivity index (χ2n) is 5.30. The minimum Gasteiger partial charge on any atom is -0.273 e. The van der Waals surface area contributed by atoms with Gasteiger partial charge in [0.05, 0.1) is 23.8 Å². The molecule has 0 unspecified atom stereocenters. The SMILES string of the molecule is O=C(CCCCC(=O)N/N=C\c1ccccn1)N/N=C\c1ccccn1. The van der Waals surface area contributed by atoms with Crippen LogP contribution in [0, 0.1) is 0 Å². The maximum absolute atomic E-state index is 11.6. The second-order valence-corrected chi connectivity index (χ2v) is 5.30. The highest BCUT2D eigenvalue weighted by Gasteiger charge is 2.03. The maximum atomic E-state index is 11.6. The lowest BCUT2D eigenvalue weighted by molar-refractivity contribution is -0.123. The summed E-state index contributed by atoms with van der Waals surface area (Å²) in [6, 6.07) is 10.8. The number of nitrogens with zero attached hydrogens (tertiary/aromatic N) is 4. The van der Waals surface area contributed by atoms with Crippen LogP contribution in [-0.2, 0) is 9.59 Å². The molecule has 2 aromatic rings. The number of hydrogen-bond acceptors (Lipinski definition) is 6. The molecular formula is C18H20N6O2. The number of nitrogens with one attached hydrogen (secondary N) is 2. The lowest BCUT2D eigenvalue weighted by atomic mass is 10.2. The Hall–Kier alpha value is -3.42. The van der Waals surface area contributed by atoms with Crippen molar-refractivity contribution in [2.45, 2.75) is 25.7 Å². The number of carbonyl (C=O) groups excluding carboxylic acids is 2. The maximum Gasteiger partial charge on any atom is 0.240 e. The molecule has 26 heavy (non-hydrogen) atoms. The Kier molecular flexibility index (Phi) is 8.14. The van der Waals surface area contributed by atoms with Crippen molar-refractivity contribution >= 4 is 24.2 Å². The van der Waals surface area contributed by atoms with E-state index in [1.807, 2.05) is 12.1 Å². The molecule has 2 rings (SSSR count). The Morgan fingerprint density at radius 3 is 1.65 bits per heavy atom. The normalized spacial score (nSPS) is 10.9. The first-order valence-corrected chi connectivity index (χ1v) is 8.20. The summed E-state index contributed by atoms with van der Waals surface area (Å²) in [6.07, 6.45) is 8.01. The predicted octanol–water partition coefficient (Wildman–Crippen LogP) is 1.64. The van der Waals surface area contributed by atoms with Crippen LogP contribution in [0.25, 0.3) is 0 Å². The van der Waals surface area contributed by atoms with Gasteiger partial charge in [0.25, 0.3) is 0 Å². The Morgan fingerprint density at radius 1 is 0.808 bits per heavy atom. The predicted molar refractivity (Wildman–Crippen MR) is 98.4 cm³/mol. The lowest BCUT2D eigenvalue weighted by Crippen LogP contribution is -2.19. The third-order valence-electron chi connectivity index (χ3n) is 3.21. The lowest BCUT2D eigenvalue weighted by Gasteiger charge is -2.01. The third-order valence-corrected chi connectivity index (χ3v) is 3.21. The summed E-state index contributed by atoms with van der Waals surface area (Å²) in [5, 5.41) is 7.67. The van der Waals surface area contributed by atoms with Crippen LogP contribution in [0.5, 0.6) is 0 Å². The van der Waals surface area contributed by atoms with E-state index in [-0.39, 0.29) is 11.8 Å². The number of amides is 2. The fraction of sp³-hybridized carbons (Fsp3) is 0.222. The Labute approximate surface area is 151 Å². The van der Waals surface area contributed by atoms with Gasteiger partial charge >= 0.3 is 0 Å². The average Bonchev–Trinajstić information content (AvgIpc) is 2.67. The fourth-order valence-electron chi connectivity index (χ4n) is 1.93. The molecule has 0 aromatic carbocycles. The molecule has 0 saturated heterocycles. The summed E-state index contributed by atoms with van der Waals surface area (Å²) < 4.78 is 0. The monoisotopic (exact) mass is 352 g/mol. The van der Waals surface area contributed by atoms with Gasteiger partial charge in [0.2, 0.25) is 11.8 Å². The molecule has 2 heterocycles. The molecule has 2 amide bonds. The first kappa shape index (κ1) is 18.9. The van der Waals surface area contributed by atoms with Gasteiger partial charge in [0, 0.05) is 25.2 Å². The number of hydrazone groups is 2. The van der Waals surface area contributed by atoms with Crippen LogP contribution >= 0.6 is 0 Å². The molecule has 0 bridgehead atoms. The minimum atomic E-state index is -0.203. The van der Waals surface area contributed by atoms with Crippen LogP contribution in [0.15, 0.2) is 59.0 Å². The summed E-state index contributed by atoms with van der Waals surface area (Å²) in [7, 11) is 0. The summed E-state index contributed by atoms with van der Waals surface area (Å²) in [5.41, 5.74) is 6.19. The molecule has 0 spiro atoms.